The van der Waals surface area contributed by atoms with Gasteiger partial charge in [0.15, 0.2) is 0 Å². The lowest BCUT2D eigenvalue weighted by atomic mass is 10.3. The van der Waals surface area contributed by atoms with Gasteiger partial charge in [0, 0.05) is 24.3 Å². The monoisotopic (exact) mass is 670 g/mol. The van der Waals surface area contributed by atoms with E-state index in [1.807, 2.05) is 13.8 Å². The number of thioether (sulfide) groups is 1. The van der Waals surface area contributed by atoms with Gasteiger partial charge in [-0.15, -0.1) is 0 Å². The zero-order valence-electron chi connectivity index (χ0n) is 27.1. The average Bonchev–Trinajstić information content (AvgIpc) is 3.01. The SMILES string of the molecule is CCCC(=O)OCCOCCOCCOCCOC(=O)CCSCCC(=O)OCCOCCOCCOCCOC(=O)CCC. The standard InChI is InChI=1S/C30H54O14S/c1-3-5-27(31)41-21-17-37-13-9-35-11-15-39-19-23-43-29(33)7-25-45-26-8-30(34)44-24-20-40-16-12-36-10-14-38-18-22-42-28(32)6-4-2/h3-26H2,1-2H3. The van der Waals surface area contributed by atoms with Gasteiger partial charge in [0.05, 0.1) is 92.1 Å². The number of rotatable bonds is 34. The highest BCUT2D eigenvalue weighted by molar-refractivity contribution is 7.99. The minimum absolute atomic E-state index is 0.164. The third-order valence-corrected chi connectivity index (χ3v) is 6.25. The predicted molar refractivity (Wildman–Crippen MR) is 165 cm³/mol. The van der Waals surface area contributed by atoms with Crippen LogP contribution in [0.1, 0.15) is 52.4 Å². The van der Waals surface area contributed by atoms with Crippen LogP contribution in [0.5, 0.6) is 0 Å². The largest absolute Gasteiger partial charge is 0.463 e. The fourth-order valence-electron chi connectivity index (χ4n) is 3.05. The molecule has 0 saturated carbocycles. The Morgan fingerprint density at radius 3 is 0.822 bits per heavy atom. The summed E-state index contributed by atoms with van der Waals surface area (Å²) >= 11 is 1.48. The Kier molecular flexibility index (Phi) is 33.3. The van der Waals surface area contributed by atoms with Gasteiger partial charge in [-0.25, -0.2) is 0 Å². The van der Waals surface area contributed by atoms with Gasteiger partial charge in [0.25, 0.3) is 0 Å². The molecule has 0 heterocycles. The fraction of sp³-hybridized carbons (Fsp3) is 0.867. The van der Waals surface area contributed by atoms with Crippen LogP contribution in [-0.2, 0) is 66.5 Å². The van der Waals surface area contributed by atoms with E-state index in [-0.39, 0.29) is 76.4 Å². The molecule has 0 N–H and O–H groups in total. The van der Waals surface area contributed by atoms with Crippen LogP contribution in [-0.4, -0.2) is 141 Å². The van der Waals surface area contributed by atoms with E-state index in [1.165, 1.54) is 11.8 Å². The third-order valence-electron chi connectivity index (χ3n) is 5.26. The first-order valence-electron chi connectivity index (χ1n) is 15.7. The maximum Gasteiger partial charge on any atom is 0.306 e. The Hall–Kier alpha value is -2.01. The molecule has 0 fully saturated rings. The van der Waals surface area contributed by atoms with Gasteiger partial charge in [-0.2, -0.15) is 11.8 Å². The normalized spacial score (nSPS) is 10.9. The summed E-state index contributed by atoms with van der Waals surface area (Å²) in [5, 5.41) is 0. The van der Waals surface area contributed by atoms with E-state index in [1.54, 1.807) is 0 Å². The Bertz CT molecular complexity index is 667. The van der Waals surface area contributed by atoms with Crippen LogP contribution in [0.25, 0.3) is 0 Å². The molecular weight excluding hydrogens is 616 g/mol. The number of carbonyl (C=O) groups excluding carboxylic acids is 4. The molecule has 0 aromatic carbocycles. The van der Waals surface area contributed by atoms with Gasteiger partial charge in [0.2, 0.25) is 0 Å². The minimum atomic E-state index is -0.318. The fourth-order valence-corrected chi connectivity index (χ4v) is 3.88. The van der Waals surface area contributed by atoms with Crippen LogP contribution in [0.3, 0.4) is 0 Å². The van der Waals surface area contributed by atoms with Crippen LogP contribution in [0.4, 0.5) is 0 Å². The maximum atomic E-state index is 11.8. The first-order chi connectivity index (χ1) is 22.0. The highest BCUT2D eigenvalue weighted by atomic mass is 32.2. The molecule has 15 heteroatoms. The predicted octanol–water partition coefficient (Wildman–Crippen LogP) is 2.37. The zero-order valence-corrected chi connectivity index (χ0v) is 27.9. The molecule has 0 aromatic heterocycles. The van der Waals surface area contributed by atoms with Crippen LogP contribution in [0.2, 0.25) is 0 Å². The summed E-state index contributed by atoms with van der Waals surface area (Å²) in [6.07, 6.45) is 2.86. The molecule has 0 unspecified atom stereocenters. The minimum Gasteiger partial charge on any atom is -0.463 e. The second-order valence-electron chi connectivity index (χ2n) is 9.17. The van der Waals surface area contributed by atoms with Crippen molar-refractivity contribution in [3.8, 4) is 0 Å². The molecule has 45 heavy (non-hydrogen) atoms. The summed E-state index contributed by atoms with van der Waals surface area (Å²) in [6, 6.07) is 0. The molecule has 0 spiro atoms. The Morgan fingerprint density at radius 2 is 0.578 bits per heavy atom. The van der Waals surface area contributed by atoms with E-state index in [0.717, 1.165) is 12.8 Å². The molecule has 0 aliphatic rings. The number of hydrogen-bond donors (Lipinski definition) is 0. The summed E-state index contributed by atoms with van der Waals surface area (Å²) in [7, 11) is 0. The first kappa shape index (κ1) is 43.0. The van der Waals surface area contributed by atoms with Crippen molar-refractivity contribution in [3.05, 3.63) is 0 Å². The number of hydrogen-bond acceptors (Lipinski definition) is 15. The maximum absolute atomic E-state index is 11.8. The lowest BCUT2D eigenvalue weighted by Crippen LogP contribution is -2.15. The Balaban J connectivity index is 3.30. The van der Waals surface area contributed by atoms with Crippen molar-refractivity contribution >= 4 is 35.6 Å². The van der Waals surface area contributed by atoms with E-state index >= 15 is 0 Å². The lowest BCUT2D eigenvalue weighted by Gasteiger charge is -2.08. The van der Waals surface area contributed by atoms with Crippen molar-refractivity contribution in [1.82, 2.24) is 0 Å². The van der Waals surface area contributed by atoms with Crippen LogP contribution in [0.15, 0.2) is 0 Å². The van der Waals surface area contributed by atoms with Crippen molar-refractivity contribution in [2.45, 2.75) is 52.4 Å². The highest BCUT2D eigenvalue weighted by Gasteiger charge is 2.06. The van der Waals surface area contributed by atoms with Gasteiger partial charge in [-0.3, -0.25) is 19.2 Å². The van der Waals surface area contributed by atoms with Gasteiger partial charge in [0.1, 0.15) is 26.4 Å². The van der Waals surface area contributed by atoms with Crippen molar-refractivity contribution in [2.24, 2.45) is 0 Å². The molecule has 0 rings (SSSR count). The van der Waals surface area contributed by atoms with Crippen LogP contribution >= 0.6 is 11.8 Å². The van der Waals surface area contributed by atoms with Crippen molar-refractivity contribution in [2.75, 3.05) is 117 Å². The van der Waals surface area contributed by atoms with Crippen LogP contribution in [0, 0.1) is 0 Å². The second kappa shape index (κ2) is 34.9. The molecule has 0 atom stereocenters. The van der Waals surface area contributed by atoms with Gasteiger partial charge in [-0.05, 0) is 12.8 Å². The summed E-state index contributed by atoms with van der Waals surface area (Å²) in [6.45, 7) is 9.01. The van der Waals surface area contributed by atoms with E-state index < -0.39 is 0 Å². The molecule has 0 aliphatic heterocycles. The van der Waals surface area contributed by atoms with Crippen LogP contribution < -0.4 is 0 Å². The van der Waals surface area contributed by atoms with E-state index in [4.69, 9.17) is 47.4 Å². The first-order valence-corrected chi connectivity index (χ1v) is 16.8. The molecule has 0 saturated heterocycles. The Labute approximate surface area is 271 Å². The Morgan fingerprint density at radius 1 is 0.356 bits per heavy atom. The van der Waals surface area contributed by atoms with Gasteiger partial charge >= 0.3 is 23.9 Å². The smallest absolute Gasteiger partial charge is 0.306 e. The van der Waals surface area contributed by atoms with E-state index in [9.17, 15) is 19.2 Å². The average molecular weight is 671 g/mol. The quantitative estimate of drug-likeness (QED) is 0.0557. The topological polar surface area (TPSA) is 161 Å². The summed E-state index contributed by atoms with van der Waals surface area (Å²) in [4.78, 5) is 45.9. The molecular formula is C30H54O14S. The molecule has 264 valence electrons. The van der Waals surface area contributed by atoms with E-state index in [0.29, 0.717) is 90.4 Å². The van der Waals surface area contributed by atoms with Gasteiger partial charge < -0.3 is 47.4 Å². The van der Waals surface area contributed by atoms with E-state index in [2.05, 4.69) is 0 Å². The summed E-state index contributed by atoms with van der Waals surface area (Å²) in [5.41, 5.74) is 0. The molecule has 0 bridgehead atoms. The summed E-state index contributed by atoms with van der Waals surface area (Å²) in [5.74, 6) is 0.0270. The molecule has 0 aliphatic carbocycles. The van der Waals surface area contributed by atoms with Crippen molar-refractivity contribution in [3.63, 3.8) is 0 Å². The molecule has 14 nitrogen and oxygen atoms in total. The number of ether oxygens (including phenoxy) is 10. The zero-order chi connectivity index (χ0) is 33.1. The third kappa shape index (κ3) is 34.7. The molecule has 0 aromatic rings. The lowest BCUT2D eigenvalue weighted by molar-refractivity contribution is -0.146. The number of carbonyl (C=O) groups is 4. The highest BCUT2D eigenvalue weighted by Crippen LogP contribution is 2.06. The number of esters is 4. The summed E-state index contributed by atoms with van der Waals surface area (Å²) < 4.78 is 52.2. The second-order valence-corrected chi connectivity index (χ2v) is 10.4. The molecule has 0 radical (unpaired) electrons. The van der Waals surface area contributed by atoms with Crippen molar-refractivity contribution in [1.29, 1.82) is 0 Å². The van der Waals surface area contributed by atoms with Crippen molar-refractivity contribution < 1.29 is 66.5 Å². The van der Waals surface area contributed by atoms with Gasteiger partial charge in [-0.1, -0.05) is 13.8 Å². The molecule has 0 amide bonds.